The van der Waals surface area contributed by atoms with Gasteiger partial charge in [0.05, 0.1) is 11.8 Å². The summed E-state index contributed by atoms with van der Waals surface area (Å²) in [5.41, 5.74) is 0. The second kappa shape index (κ2) is 3.45. The Hall–Kier alpha value is -1.16. The fourth-order valence-electron chi connectivity index (χ4n) is 2.65. The molecule has 82 valence electrons. The van der Waals surface area contributed by atoms with Crippen molar-refractivity contribution >= 4 is 11.8 Å². The number of rotatable bonds is 1. The molecule has 4 unspecified atom stereocenters. The van der Waals surface area contributed by atoms with Crippen LogP contribution in [0.1, 0.15) is 20.3 Å². The van der Waals surface area contributed by atoms with Crippen molar-refractivity contribution in [2.45, 2.75) is 20.3 Å². The Morgan fingerprint density at radius 3 is 2.47 bits per heavy atom. The van der Waals surface area contributed by atoms with Crippen molar-refractivity contribution in [3.05, 3.63) is 12.2 Å². The highest BCUT2D eigenvalue weighted by atomic mass is 16.5. The number of allylic oxidation sites excluding steroid dienone is 2. The average Bonchev–Trinajstić information content (AvgIpc) is 2.46. The second-order valence-electron chi connectivity index (χ2n) is 4.36. The third kappa shape index (κ3) is 1.32. The van der Waals surface area contributed by atoms with Gasteiger partial charge in [-0.2, -0.15) is 5.06 Å². The van der Waals surface area contributed by atoms with Gasteiger partial charge in [-0.05, 0) is 18.3 Å². The number of carbonyl (C=O) groups excluding carboxylic acids is 2. The fourth-order valence-corrected chi connectivity index (χ4v) is 2.65. The monoisotopic (exact) mass is 209 g/mol. The molecule has 1 fully saturated rings. The third-order valence-corrected chi connectivity index (χ3v) is 3.54. The minimum absolute atomic E-state index is 0.0337. The van der Waals surface area contributed by atoms with E-state index in [0.29, 0.717) is 5.06 Å². The number of amides is 2. The van der Waals surface area contributed by atoms with Gasteiger partial charge in [-0.15, -0.1) is 0 Å². The highest BCUT2D eigenvalue weighted by Gasteiger charge is 2.52. The third-order valence-electron chi connectivity index (χ3n) is 3.54. The number of hydroxylamine groups is 2. The van der Waals surface area contributed by atoms with Crippen LogP contribution in [-0.2, 0) is 9.59 Å². The molecule has 0 aromatic heterocycles. The standard InChI is InChI=1S/C11H15NO3/c1-3-7-5-4-6(2)8-9(7)11(14)12(15)10(8)13/h4-9,15H,3H2,1-2H3. The molecular formula is C11H15NO3. The second-order valence-corrected chi connectivity index (χ2v) is 4.36. The van der Waals surface area contributed by atoms with Gasteiger partial charge in [0.2, 0.25) is 0 Å². The number of carbonyl (C=O) groups is 2. The molecule has 0 aromatic rings. The lowest BCUT2D eigenvalue weighted by atomic mass is 9.71. The highest BCUT2D eigenvalue weighted by Crippen LogP contribution is 2.41. The molecule has 1 N–H and O–H groups in total. The summed E-state index contributed by atoms with van der Waals surface area (Å²) in [7, 11) is 0. The van der Waals surface area contributed by atoms with Gasteiger partial charge in [0.1, 0.15) is 0 Å². The van der Waals surface area contributed by atoms with Gasteiger partial charge in [0, 0.05) is 0 Å². The van der Waals surface area contributed by atoms with Crippen molar-refractivity contribution < 1.29 is 14.8 Å². The van der Waals surface area contributed by atoms with Gasteiger partial charge < -0.3 is 0 Å². The number of hydrogen-bond acceptors (Lipinski definition) is 3. The molecule has 0 radical (unpaired) electrons. The van der Waals surface area contributed by atoms with Crippen LogP contribution in [0.2, 0.25) is 0 Å². The van der Waals surface area contributed by atoms with E-state index in [0.717, 1.165) is 6.42 Å². The summed E-state index contributed by atoms with van der Waals surface area (Å²) in [4.78, 5) is 23.3. The first-order valence-electron chi connectivity index (χ1n) is 5.33. The first-order valence-corrected chi connectivity index (χ1v) is 5.33. The Bertz CT molecular complexity index is 337. The summed E-state index contributed by atoms with van der Waals surface area (Å²) >= 11 is 0. The Kier molecular flexibility index (Phi) is 2.38. The van der Waals surface area contributed by atoms with Crippen LogP contribution in [0, 0.1) is 23.7 Å². The normalized spacial score (nSPS) is 39.8. The average molecular weight is 209 g/mol. The molecule has 1 heterocycles. The lowest BCUT2D eigenvalue weighted by molar-refractivity contribution is -0.173. The number of nitrogens with zero attached hydrogens (tertiary/aromatic N) is 1. The highest BCUT2D eigenvalue weighted by molar-refractivity contribution is 6.04. The van der Waals surface area contributed by atoms with Crippen LogP contribution in [0.4, 0.5) is 0 Å². The molecular weight excluding hydrogens is 194 g/mol. The van der Waals surface area contributed by atoms with E-state index in [1.165, 1.54) is 0 Å². The van der Waals surface area contributed by atoms with E-state index in [9.17, 15) is 14.8 Å². The molecule has 4 nitrogen and oxygen atoms in total. The van der Waals surface area contributed by atoms with E-state index < -0.39 is 11.8 Å². The molecule has 2 rings (SSSR count). The predicted octanol–water partition coefficient (Wildman–Crippen LogP) is 1.21. The van der Waals surface area contributed by atoms with E-state index in [-0.39, 0.29) is 23.7 Å². The Balaban J connectivity index is 2.39. The van der Waals surface area contributed by atoms with Crippen molar-refractivity contribution in [3.63, 3.8) is 0 Å². The summed E-state index contributed by atoms with van der Waals surface area (Å²) in [6.07, 6.45) is 4.78. The lowest BCUT2D eigenvalue weighted by Crippen LogP contribution is -2.32. The Morgan fingerprint density at radius 2 is 1.87 bits per heavy atom. The van der Waals surface area contributed by atoms with Gasteiger partial charge in [0.25, 0.3) is 11.8 Å². The summed E-state index contributed by atoms with van der Waals surface area (Å²) in [6, 6.07) is 0. The van der Waals surface area contributed by atoms with E-state index in [4.69, 9.17) is 0 Å². The largest absolute Gasteiger partial charge is 0.278 e. The minimum Gasteiger partial charge on any atom is -0.278 e. The molecule has 2 aliphatic rings. The Morgan fingerprint density at radius 1 is 1.27 bits per heavy atom. The van der Waals surface area contributed by atoms with Crippen LogP contribution in [0.25, 0.3) is 0 Å². The smallest absolute Gasteiger partial charge is 0.257 e. The van der Waals surface area contributed by atoms with Crippen LogP contribution in [0.5, 0.6) is 0 Å². The molecule has 1 aliphatic carbocycles. The quantitative estimate of drug-likeness (QED) is 0.401. The topological polar surface area (TPSA) is 57.6 Å². The van der Waals surface area contributed by atoms with Gasteiger partial charge in [-0.25, -0.2) is 0 Å². The number of hydrogen-bond donors (Lipinski definition) is 1. The molecule has 1 saturated heterocycles. The van der Waals surface area contributed by atoms with E-state index in [1.54, 1.807) is 0 Å². The first-order chi connectivity index (χ1) is 7.07. The fraction of sp³-hybridized carbons (Fsp3) is 0.636. The summed E-state index contributed by atoms with van der Waals surface area (Å²) < 4.78 is 0. The molecule has 0 bridgehead atoms. The molecule has 0 spiro atoms. The maximum Gasteiger partial charge on any atom is 0.257 e. The number of fused-ring (bicyclic) bond motifs is 1. The zero-order valence-electron chi connectivity index (χ0n) is 8.88. The molecule has 0 saturated carbocycles. The van der Waals surface area contributed by atoms with Crippen LogP contribution in [-0.4, -0.2) is 22.1 Å². The molecule has 1 aliphatic heterocycles. The van der Waals surface area contributed by atoms with Gasteiger partial charge >= 0.3 is 0 Å². The maximum absolute atomic E-state index is 11.7. The maximum atomic E-state index is 11.7. The summed E-state index contributed by atoms with van der Waals surface area (Å²) in [5.74, 6) is -1.48. The van der Waals surface area contributed by atoms with Gasteiger partial charge in [-0.1, -0.05) is 26.0 Å². The molecule has 0 aromatic carbocycles. The molecule has 4 atom stereocenters. The van der Waals surface area contributed by atoms with Crippen molar-refractivity contribution in [1.29, 1.82) is 0 Å². The number of imide groups is 1. The molecule has 2 amide bonds. The van der Waals surface area contributed by atoms with Crippen molar-refractivity contribution in [3.8, 4) is 0 Å². The molecule has 15 heavy (non-hydrogen) atoms. The van der Waals surface area contributed by atoms with Gasteiger partial charge in [0.15, 0.2) is 0 Å². The predicted molar refractivity (Wildman–Crippen MR) is 52.7 cm³/mol. The van der Waals surface area contributed by atoms with Crippen LogP contribution in [0.15, 0.2) is 12.2 Å². The van der Waals surface area contributed by atoms with Crippen LogP contribution in [0.3, 0.4) is 0 Å². The Labute approximate surface area is 88.5 Å². The minimum atomic E-state index is -0.444. The van der Waals surface area contributed by atoms with Crippen molar-refractivity contribution in [1.82, 2.24) is 5.06 Å². The SMILES string of the molecule is CCC1C=CC(C)C2C(=O)N(O)C(=O)C12. The zero-order valence-corrected chi connectivity index (χ0v) is 8.88. The zero-order chi connectivity index (χ0) is 11.2. The van der Waals surface area contributed by atoms with E-state index in [1.807, 2.05) is 26.0 Å². The van der Waals surface area contributed by atoms with Crippen molar-refractivity contribution in [2.24, 2.45) is 23.7 Å². The summed E-state index contributed by atoms with van der Waals surface area (Å²) in [5, 5.41) is 9.64. The molecule has 4 heteroatoms. The van der Waals surface area contributed by atoms with Crippen LogP contribution < -0.4 is 0 Å². The van der Waals surface area contributed by atoms with E-state index >= 15 is 0 Å². The van der Waals surface area contributed by atoms with E-state index in [2.05, 4.69) is 0 Å². The van der Waals surface area contributed by atoms with Crippen molar-refractivity contribution in [2.75, 3.05) is 0 Å². The van der Waals surface area contributed by atoms with Gasteiger partial charge in [-0.3, -0.25) is 14.8 Å². The lowest BCUT2D eigenvalue weighted by Gasteiger charge is -2.29. The summed E-state index contributed by atoms with van der Waals surface area (Å²) in [6.45, 7) is 3.89. The first kappa shape index (κ1) is 10.4. The van der Waals surface area contributed by atoms with Crippen LogP contribution >= 0.6 is 0 Å².